The Morgan fingerprint density at radius 3 is 2.68 bits per heavy atom. The Labute approximate surface area is 144 Å². The average molecular weight is 343 g/mol. The maximum Gasteiger partial charge on any atom is 0.310 e. The largest absolute Gasteiger partial charge is 0.481 e. The molecule has 130 valence electrons. The summed E-state index contributed by atoms with van der Waals surface area (Å²) in [6.07, 6.45) is 3.46. The van der Waals surface area contributed by atoms with Crippen molar-refractivity contribution >= 4 is 17.6 Å². The van der Waals surface area contributed by atoms with E-state index >= 15 is 0 Å². The molecule has 3 heterocycles. The van der Waals surface area contributed by atoms with E-state index in [1.165, 1.54) is 24.3 Å². The summed E-state index contributed by atoms with van der Waals surface area (Å²) in [5.74, 6) is -3.42. The van der Waals surface area contributed by atoms with Gasteiger partial charge in [0.2, 0.25) is 5.91 Å². The Morgan fingerprint density at radius 1 is 1.40 bits per heavy atom. The summed E-state index contributed by atoms with van der Waals surface area (Å²) in [7, 11) is 0. The molecular weight excluding hydrogens is 325 g/mol. The van der Waals surface area contributed by atoms with Crippen molar-refractivity contribution in [1.82, 2.24) is 0 Å². The molecular formula is C19H18FNO4. The van der Waals surface area contributed by atoms with E-state index in [9.17, 15) is 19.1 Å². The SMILES string of the molecule is C=C(C)C[C@H]1N(c2ccc(F)cc2)C(=O)[C@H]2[C@@H](C(=O)O)[C@H]3C=C[C@]21O3. The lowest BCUT2D eigenvalue weighted by molar-refractivity contribution is -0.146. The van der Waals surface area contributed by atoms with Crippen LogP contribution < -0.4 is 4.90 Å². The molecule has 2 saturated heterocycles. The maximum absolute atomic E-state index is 13.3. The number of carbonyl (C=O) groups excluding carboxylic acids is 1. The normalized spacial score (nSPS) is 35.3. The molecule has 1 spiro atoms. The second-order valence-corrected chi connectivity index (χ2v) is 7.00. The molecule has 25 heavy (non-hydrogen) atoms. The molecule has 1 aromatic carbocycles. The van der Waals surface area contributed by atoms with Gasteiger partial charge in [-0.1, -0.05) is 17.7 Å². The van der Waals surface area contributed by atoms with Crippen LogP contribution in [0.2, 0.25) is 0 Å². The number of halogens is 1. The third-order valence-corrected chi connectivity index (χ3v) is 5.35. The van der Waals surface area contributed by atoms with Crippen LogP contribution in [0.5, 0.6) is 0 Å². The molecule has 0 unspecified atom stereocenters. The summed E-state index contributed by atoms with van der Waals surface area (Å²) in [6.45, 7) is 5.80. The Hall–Kier alpha value is -2.47. The van der Waals surface area contributed by atoms with E-state index in [1.807, 2.05) is 13.0 Å². The second kappa shape index (κ2) is 5.26. The number of nitrogens with zero attached hydrogens (tertiary/aromatic N) is 1. The number of benzene rings is 1. The van der Waals surface area contributed by atoms with E-state index in [-0.39, 0.29) is 5.91 Å². The summed E-state index contributed by atoms with van der Waals surface area (Å²) >= 11 is 0. The molecule has 1 aromatic rings. The zero-order valence-electron chi connectivity index (χ0n) is 13.7. The molecule has 5 nitrogen and oxygen atoms in total. The second-order valence-electron chi connectivity index (χ2n) is 7.00. The fourth-order valence-corrected chi connectivity index (χ4v) is 4.42. The van der Waals surface area contributed by atoms with Crippen molar-refractivity contribution in [1.29, 1.82) is 0 Å². The van der Waals surface area contributed by atoms with Crippen molar-refractivity contribution in [3.8, 4) is 0 Å². The van der Waals surface area contributed by atoms with Gasteiger partial charge >= 0.3 is 5.97 Å². The lowest BCUT2D eigenvalue weighted by Gasteiger charge is -2.33. The van der Waals surface area contributed by atoms with Gasteiger partial charge in [0.05, 0.1) is 18.1 Å². The first-order valence-electron chi connectivity index (χ1n) is 8.18. The van der Waals surface area contributed by atoms with E-state index < -0.39 is 41.4 Å². The van der Waals surface area contributed by atoms with Crippen LogP contribution in [-0.4, -0.2) is 34.7 Å². The van der Waals surface area contributed by atoms with Gasteiger partial charge in [-0.05, 0) is 37.6 Å². The van der Waals surface area contributed by atoms with Crippen molar-refractivity contribution < 1.29 is 23.8 Å². The van der Waals surface area contributed by atoms with Gasteiger partial charge in [0.15, 0.2) is 0 Å². The average Bonchev–Trinajstić information content (AvgIpc) is 3.18. The quantitative estimate of drug-likeness (QED) is 0.853. The first-order chi connectivity index (χ1) is 11.8. The molecule has 3 aliphatic rings. The van der Waals surface area contributed by atoms with Crippen LogP contribution in [0.1, 0.15) is 13.3 Å². The third kappa shape index (κ3) is 2.10. The van der Waals surface area contributed by atoms with E-state index in [4.69, 9.17) is 4.74 Å². The van der Waals surface area contributed by atoms with Crippen LogP contribution >= 0.6 is 0 Å². The Balaban J connectivity index is 1.84. The minimum Gasteiger partial charge on any atom is -0.481 e. The first kappa shape index (κ1) is 16.0. The van der Waals surface area contributed by atoms with Gasteiger partial charge in [-0.15, -0.1) is 6.58 Å². The van der Waals surface area contributed by atoms with Crippen LogP contribution in [0.3, 0.4) is 0 Å². The van der Waals surface area contributed by atoms with Gasteiger partial charge in [0.1, 0.15) is 17.3 Å². The number of anilines is 1. The van der Waals surface area contributed by atoms with Crippen LogP contribution in [0.15, 0.2) is 48.6 Å². The van der Waals surface area contributed by atoms with Crippen LogP contribution in [0.4, 0.5) is 10.1 Å². The highest BCUT2D eigenvalue weighted by atomic mass is 19.1. The molecule has 4 rings (SSSR count). The Bertz CT molecular complexity index is 802. The summed E-state index contributed by atoms with van der Waals surface area (Å²) in [5.41, 5.74) is 0.420. The highest BCUT2D eigenvalue weighted by molar-refractivity contribution is 6.03. The molecule has 2 fully saturated rings. The fourth-order valence-electron chi connectivity index (χ4n) is 4.42. The standard InChI is InChI=1S/C19H18FNO4/c1-10(2)9-14-19-8-7-13(25-19)15(18(23)24)16(19)17(22)21(14)12-5-3-11(20)4-6-12/h3-8,13-16H,1,9H2,2H3,(H,23,24)/t13-,14-,15+,16-,19-/m1/s1. The van der Waals surface area contributed by atoms with Gasteiger partial charge < -0.3 is 14.7 Å². The number of carbonyl (C=O) groups is 2. The number of ether oxygens (including phenoxy) is 1. The van der Waals surface area contributed by atoms with Crippen LogP contribution in [-0.2, 0) is 14.3 Å². The lowest BCUT2D eigenvalue weighted by Crippen LogP contribution is -2.45. The van der Waals surface area contributed by atoms with Crippen molar-refractivity contribution in [3.63, 3.8) is 0 Å². The third-order valence-electron chi connectivity index (χ3n) is 5.35. The molecule has 1 N–H and O–H groups in total. The van der Waals surface area contributed by atoms with E-state index in [0.717, 1.165) is 5.57 Å². The minimum atomic E-state index is -1.04. The maximum atomic E-state index is 13.3. The number of amides is 1. The fraction of sp³-hybridized carbons (Fsp3) is 0.368. The zero-order valence-corrected chi connectivity index (χ0v) is 13.7. The molecule has 0 aliphatic carbocycles. The number of hydrogen-bond acceptors (Lipinski definition) is 3. The highest BCUT2D eigenvalue weighted by Crippen LogP contribution is 2.56. The molecule has 1 amide bonds. The predicted octanol–water partition coefficient (Wildman–Crippen LogP) is 2.53. The summed E-state index contributed by atoms with van der Waals surface area (Å²) in [6, 6.07) is 5.23. The number of carboxylic acids is 1. The van der Waals surface area contributed by atoms with E-state index in [2.05, 4.69) is 6.58 Å². The Kier molecular flexibility index (Phi) is 3.37. The molecule has 0 saturated carbocycles. The summed E-state index contributed by atoms with van der Waals surface area (Å²) in [4.78, 5) is 26.5. The molecule has 5 atom stereocenters. The van der Waals surface area contributed by atoms with Gasteiger partial charge in [0, 0.05) is 5.69 Å². The van der Waals surface area contributed by atoms with Crippen molar-refractivity contribution in [2.75, 3.05) is 4.90 Å². The van der Waals surface area contributed by atoms with Crippen LogP contribution in [0, 0.1) is 17.7 Å². The molecule has 3 aliphatic heterocycles. The topological polar surface area (TPSA) is 66.8 Å². The number of hydrogen-bond donors (Lipinski definition) is 1. The number of aliphatic carboxylic acids is 1. The zero-order chi connectivity index (χ0) is 17.9. The number of carboxylic acid groups (broad SMARTS) is 1. The van der Waals surface area contributed by atoms with Gasteiger partial charge in [-0.3, -0.25) is 9.59 Å². The Morgan fingerprint density at radius 2 is 2.08 bits per heavy atom. The van der Waals surface area contributed by atoms with Crippen LogP contribution in [0.25, 0.3) is 0 Å². The van der Waals surface area contributed by atoms with Gasteiger partial charge in [-0.2, -0.15) is 0 Å². The summed E-state index contributed by atoms with van der Waals surface area (Å²) in [5, 5.41) is 9.61. The molecule has 2 bridgehead atoms. The van der Waals surface area contributed by atoms with Gasteiger partial charge in [-0.25, -0.2) is 4.39 Å². The van der Waals surface area contributed by atoms with Crippen molar-refractivity contribution in [3.05, 3.63) is 54.4 Å². The minimum absolute atomic E-state index is 0.294. The van der Waals surface area contributed by atoms with Gasteiger partial charge in [0.25, 0.3) is 0 Å². The first-order valence-corrected chi connectivity index (χ1v) is 8.18. The molecule has 0 radical (unpaired) electrons. The highest BCUT2D eigenvalue weighted by Gasteiger charge is 2.71. The lowest BCUT2D eigenvalue weighted by atomic mass is 9.74. The summed E-state index contributed by atoms with van der Waals surface area (Å²) < 4.78 is 19.3. The van der Waals surface area contributed by atoms with Crippen molar-refractivity contribution in [2.24, 2.45) is 11.8 Å². The predicted molar refractivity (Wildman–Crippen MR) is 88.5 cm³/mol. The van der Waals surface area contributed by atoms with E-state index in [0.29, 0.717) is 12.1 Å². The number of rotatable bonds is 4. The van der Waals surface area contributed by atoms with Crippen molar-refractivity contribution in [2.45, 2.75) is 31.1 Å². The number of fused-ring (bicyclic) bond motifs is 1. The smallest absolute Gasteiger partial charge is 0.310 e. The molecule has 0 aromatic heterocycles. The monoisotopic (exact) mass is 343 g/mol. The molecule has 6 heteroatoms. The van der Waals surface area contributed by atoms with E-state index in [1.54, 1.807) is 11.0 Å².